The highest BCUT2D eigenvalue weighted by molar-refractivity contribution is 7.89. The molecule has 0 aromatic heterocycles. The van der Waals surface area contributed by atoms with Crippen LogP contribution in [0.15, 0.2) is 53.4 Å². The van der Waals surface area contributed by atoms with E-state index in [4.69, 9.17) is 0 Å². The van der Waals surface area contributed by atoms with Crippen molar-refractivity contribution in [3.8, 4) is 0 Å². The van der Waals surface area contributed by atoms with Crippen LogP contribution in [0.25, 0.3) is 0 Å². The molecule has 6 nitrogen and oxygen atoms in total. The molecular formula is C18H16F3N3O3S. The normalized spacial score (nSPS) is 21.8. The van der Waals surface area contributed by atoms with Crippen LogP contribution in [-0.2, 0) is 21.0 Å². The topological polar surface area (TPSA) is 78.5 Å². The highest BCUT2D eigenvalue weighted by Gasteiger charge is 2.42. The molecule has 1 saturated heterocycles. The molecule has 28 heavy (non-hydrogen) atoms. The van der Waals surface area contributed by atoms with Gasteiger partial charge in [-0.05, 0) is 36.8 Å². The summed E-state index contributed by atoms with van der Waals surface area (Å²) >= 11 is 0. The molecule has 2 N–H and O–H groups in total. The number of benzene rings is 2. The molecule has 0 radical (unpaired) electrons. The fourth-order valence-electron chi connectivity index (χ4n) is 3.61. The van der Waals surface area contributed by atoms with Crippen LogP contribution in [0.1, 0.15) is 12.0 Å². The first-order chi connectivity index (χ1) is 13.1. The predicted molar refractivity (Wildman–Crippen MR) is 96.4 cm³/mol. The number of halogens is 3. The summed E-state index contributed by atoms with van der Waals surface area (Å²) in [5.41, 5.74) is 0.394. The van der Waals surface area contributed by atoms with Crippen molar-refractivity contribution in [1.82, 2.24) is 4.72 Å². The molecular weight excluding hydrogens is 395 g/mol. The van der Waals surface area contributed by atoms with Gasteiger partial charge in [0, 0.05) is 12.6 Å². The molecule has 1 amide bonds. The summed E-state index contributed by atoms with van der Waals surface area (Å²) < 4.78 is 66.3. The minimum Gasteiger partial charge on any atom is -0.356 e. The Hall–Kier alpha value is -2.59. The third-order valence-corrected chi connectivity index (χ3v) is 6.39. The summed E-state index contributed by atoms with van der Waals surface area (Å²) in [4.78, 5) is 13.7. The lowest BCUT2D eigenvalue weighted by molar-refractivity contribution is -0.137. The van der Waals surface area contributed by atoms with E-state index < -0.39 is 38.7 Å². The van der Waals surface area contributed by atoms with Gasteiger partial charge in [0.1, 0.15) is 6.04 Å². The van der Waals surface area contributed by atoms with E-state index in [0.29, 0.717) is 11.8 Å². The van der Waals surface area contributed by atoms with Crippen molar-refractivity contribution in [2.75, 3.05) is 16.8 Å². The van der Waals surface area contributed by atoms with Crippen molar-refractivity contribution in [3.05, 3.63) is 54.1 Å². The van der Waals surface area contributed by atoms with Gasteiger partial charge in [-0.15, -0.1) is 0 Å². The van der Waals surface area contributed by atoms with Gasteiger partial charge in [0.2, 0.25) is 15.9 Å². The van der Waals surface area contributed by atoms with E-state index in [2.05, 4.69) is 10.0 Å². The summed E-state index contributed by atoms with van der Waals surface area (Å²) in [6.45, 7) is 0.243. The van der Waals surface area contributed by atoms with Crippen molar-refractivity contribution in [3.63, 3.8) is 0 Å². The number of fused-ring (bicyclic) bond motifs is 3. The fourth-order valence-corrected chi connectivity index (χ4v) is 4.89. The maximum absolute atomic E-state index is 12.9. The van der Waals surface area contributed by atoms with E-state index in [-0.39, 0.29) is 18.9 Å². The number of anilines is 2. The average Bonchev–Trinajstić information content (AvgIpc) is 3.05. The highest BCUT2D eigenvalue weighted by atomic mass is 32.2. The van der Waals surface area contributed by atoms with E-state index in [0.717, 1.165) is 23.9 Å². The van der Waals surface area contributed by atoms with E-state index in [1.165, 1.54) is 0 Å². The number of sulfonamides is 1. The van der Waals surface area contributed by atoms with Crippen molar-refractivity contribution in [2.45, 2.75) is 29.6 Å². The molecule has 2 heterocycles. The van der Waals surface area contributed by atoms with Crippen LogP contribution < -0.4 is 14.9 Å². The van der Waals surface area contributed by atoms with Crippen molar-refractivity contribution < 1.29 is 26.4 Å². The Labute approximate surface area is 159 Å². The van der Waals surface area contributed by atoms with Crippen LogP contribution in [0.5, 0.6) is 0 Å². The molecule has 2 aromatic carbocycles. The van der Waals surface area contributed by atoms with Gasteiger partial charge in [0.05, 0.1) is 21.8 Å². The average molecular weight is 411 g/mol. The number of carbonyl (C=O) groups is 1. The van der Waals surface area contributed by atoms with Crippen molar-refractivity contribution in [1.29, 1.82) is 0 Å². The zero-order chi connectivity index (χ0) is 20.1. The molecule has 148 valence electrons. The minimum atomic E-state index is -4.64. The van der Waals surface area contributed by atoms with Gasteiger partial charge in [-0.2, -0.15) is 13.2 Å². The third-order valence-electron chi connectivity index (χ3n) is 4.87. The quantitative estimate of drug-likeness (QED) is 0.814. The smallest absolute Gasteiger partial charge is 0.356 e. The second-order valence-electron chi connectivity index (χ2n) is 6.75. The highest BCUT2D eigenvalue weighted by Crippen LogP contribution is 2.37. The summed E-state index contributed by atoms with van der Waals surface area (Å²) in [5.74, 6) is -0.237. The van der Waals surface area contributed by atoms with Gasteiger partial charge in [0.25, 0.3) is 0 Å². The van der Waals surface area contributed by atoms with Crippen LogP contribution in [0.4, 0.5) is 24.5 Å². The monoisotopic (exact) mass is 411 g/mol. The Morgan fingerprint density at radius 3 is 2.61 bits per heavy atom. The lowest BCUT2D eigenvalue weighted by Crippen LogP contribution is -2.44. The maximum atomic E-state index is 12.9. The van der Waals surface area contributed by atoms with Crippen LogP contribution >= 0.6 is 0 Å². The second-order valence-corrected chi connectivity index (χ2v) is 8.47. The Morgan fingerprint density at radius 1 is 1.11 bits per heavy atom. The van der Waals surface area contributed by atoms with Crippen molar-refractivity contribution >= 4 is 27.3 Å². The fraction of sp³-hybridized carbons (Fsp3) is 0.278. The molecule has 0 spiro atoms. The lowest BCUT2D eigenvalue weighted by Gasteiger charge is -2.32. The molecule has 1 fully saturated rings. The van der Waals surface area contributed by atoms with Gasteiger partial charge in [0.15, 0.2) is 0 Å². The largest absolute Gasteiger partial charge is 0.416 e. The Morgan fingerprint density at radius 2 is 1.86 bits per heavy atom. The minimum absolute atomic E-state index is 0.221. The van der Waals surface area contributed by atoms with Crippen LogP contribution in [-0.4, -0.2) is 33.0 Å². The first-order valence-corrected chi connectivity index (χ1v) is 9.99. The molecule has 4 rings (SSSR count). The number of rotatable bonds is 3. The van der Waals surface area contributed by atoms with E-state index in [1.807, 2.05) is 17.0 Å². The van der Waals surface area contributed by atoms with Gasteiger partial charge in [-0.25, -0.2) is 13.1 Å². The van der Waals surface area contributed by atoms with Gasteiger partial charge < -0.3 is 10.2 Å². The number of carbonyl (C=O) groups excluding carboxylic acids is 1. The number of para-hydroxylation sites is 2. The SMILES string of the molecule is O=C1Nc2ccccc2N2CC(NS(=O)(=O)c3cccc(C(F)(F)F)c3)CC12. The summed E-state index contributed by atoms with van der Waals surface area (Å²) in [6, 6.07) is 9.61. The van der Waals surface area contributed by atoms with E-state index in [1.54, 1.807) is 12.1 Å². The first-order valence-electron chi connectivity index (χ1n) is 8.51. The molecule has 0 bridgehead atoms. The van der Waals surface area contributed by atoms with Gasteiger partial charge in [-0.3, -0.25) is 4.79 Å². The molecule has 2 atom stereocenters. The number of nitrogens with one attached hydrogen (secondary N) is 2. The van der Waals surface area contributed by atoms with Crippen LogP contribution in [0.3, 0.4) is 0 Å². The number of hydrogen-bond donors (Lipinski definition) is 2. The molecule has 2 unspecified atom stereocenters. The molecule has 10 heteroatoms. The number of hydrogen-bond acceptors (Lipinski definition) is 4. The molecule has 0 saturated carbocycles. The lowest BCUT2D eigenvalue weighted by atomic mass is 10.1. The van der Waals surface area contributed by atoms with Crippen LogP contribution in [0.2, 0.25) is 0 Å². The number of nitrogens with zero attached hydrogens (tertiary/aromatic N) is 1. The van der Waals surface area contributed by atoms with E-state index >= 15 is 0 Å². The van der Waals surface area contributed by atoms with E-state index in [9.17, 15) is 26.4 Å². The molecule has 2 aromatic rings. The Kier molecular flexibility index (Phi) is 4.35. The summed E-state index contributed by atoms with van der Waals surface area (Å²) in [5, 5.41) is 2.79. The Bertz CT molecular complexity index is 1040. The predicted octanol–water partition coefficient (Wildman–Crippen LogP) is 2.58. The number of amides is 1. The second kappa shape index (κ2) is 6.49. The Balaban J connectivity index is 1.57. The standard InChI is InChI=1S/C18H16F3N3O3S/c19-18(20,21)11-4-3-5-13(8-11)28(26,27)23-12-9-16-17(25)22-14-6-1-2-7-15(14)24(16)10-12/h1-8,12,16,23H,9-10H2,(H,22,25). The van der Waals surface area contributed by atoms with Gasteiger partial charge >= 0.3 is 6.18 Å². The van der Waals surface area contributed by atoms with Crippen molar-refractivity contribution in [2.24, 2.45) is 0 Å². The summed E-state index contributed by atoms with van der Waals surface area (Å²) in [6.07, 6.45) is -4.42. The van der Waals surface area contributed by atoms with Gasteiger partial charge in [-0.1, -0.05) is 18.2 Å². The van der Waals surface area contributed by atoms with Crippen LogP contribution in [0, 0.1) is 0 Å². The molecule has 0 aliphatic carbocycles. The maximum Gasteiger partial charge on any atom is 0.416 e. The number of alkyl halides is 3. The zero-order valence-corrected chi connectivity index (χ0v) is 15.2. The first kappa shape index (κ1) is 18.8. The third kappa shape index (κ3) is 3.33. The zero-order valence-electron chi connectivity index (χ0n) is 14.4. The molecule has 2 aliphatic rings. The summed E-state index contributed by atoms with van der Waals surface area (Å²) in [7, 11) is -4.17. The molecule has 2 aliphatic heterocycles.